The summed E-state index contributed by atoms with van der Waals surface area (Å²) >= 11 is 0. The highest BCUT2D eigenvalue weighted by Crippen LogP contribution is 2.21. The van der Waals surface area contributed by atoms with Crippen LogP contribution in [0.2, 0.25) is 0 Å². The fourth-order valence-electron chi connectivity index (χ4n) is 2.61. The summed E-state index contributed by atoms with van der Waals surface area (Å²) < 4.78 is 1.94. The van der Waals surface area contributed by atoms with E-state index >= 15 is 0 Å². The first-order valence-electron chi connectivity index (χ1n) is 7.09. The van der Waals surface area contributed by atoms with Crippen LogP contribution in [0.1, 0.15) is 44.8 Å². The van der Waals surface area contributed by atoms with Crippen molar-refractivity contribution in [1.82, 2.24) is 14.7 Å². The van der Waals surface area contributed by atoms with Gasteiger partial charge in [-0.3, -0.25) is 14.3 Å². The Morgan fingerprint density at radius 3 is 2.75 bits per heavy atom. The Bertz CT molecular complexity index is 494. The molecule has 2 heterocycles. The van der Waals surface area contributed by atoms with Crippen molar-refractivity contribution >= 4 is 11.9 Å². The Hall–Kier alpha value is -1.85. The summed E-state index contributed by atoms with van der Waals surface area (Å²) in [6.45, 7) is 4.93. The molecule has 6 heteroatoms. The van der Waals surface area contributed by atoms with E-state index in [1.165, 1.54) is 0 Å². The molecule has 2 rings (SSSR count). The molecule has 6 nitrogen and oxygen atoms in total. The van der Waals surface area contributed by atoms with Gasteiger partial charge in [0.15, 0.2) is 0 Å². The zero-order valence-electron chi connectivity index (χ0n) is 12.0. The van der Waals surface area contributed by atoms with Crippen LogP contribution in [0, 0.1) is 5.92 Å². The third-order valence-corrected chi connectivity index (χ3v) is 3.90. The van der Waals surface area contributed by atoms with E-state index in [0.29, 0.717) is 12.6 Å². The Balaban J connectivity index is 2.00. The molecule has 1 N–H and O–H groups in total. The van der Waals surface area contributed by atoms with Gasteiger partial charge in [0.1, 0.15) is 0 Å². The second-order valence-electron chi connectivity index (χ2n) is 5.27. The van der Waals surface area contributed by atoms with E-state index in [0.717, 1.165) is 18.5 Å². The molecule has 1 unspecified atom stereocenters. The Morgan fingerprint density at radius 2 is 2.20 bits per heavy atom. The average molecular weight is 279 g/mol. The van der Waals surface area contributed by atoms with Crippen LogP contribution in [0.15, 0.2) is 12.3 Å². The SMILES string of the molecule is CCC(CC)n1ccc(CN2CC(C(=O)O)CC2=O)n1. The Kier molecular flexibility index (Phi) is 4.42. The highest BCUT2D eigenvalue weighted by molar-refractivity contribution is 5.85. The molecule has 1 fully saturated rings. The lowest BCUT2D eigenvalue weighted by molar-refractivity contribution is -0.141. The van der Waals surface area contributed by atoms with Crippen molar-refractivity contribution < 1.29 is 14.7 Å². The lowest BCUT2D eigenvalue weighted by Gasteiger charge is -2.15. The maximum absolute atomic E-state index is 11.8. The summed E-state index contributed by atoms with van der Waals surface area (Å²) in [6, 6.07) is 2.28. The minimum absolute atomic E-state index is 0.0998. The number of likely N-dealkylation sites (tertiary alicyclic amines) is 1. The minimum Gasteiger partial charge on any atom is -0.481 e. The molecule has 0 spiro atoms. The number of aromatic nitrogens is 2. The van der Waals surface area contributed by atoms with Crippen LogP contribution in [0.4, 0.5) is 0 Å². The van der Waals surface area contributed by atoms with E-state index < -0.39 is 11.9 Å². The molecule has 1 aromatic rings. The van der Waals surface area contributed by atoms with Gasteiger partial charge in [-0.15, -0.1) is 0 Å². The number of carbonyl (C=O) groups is 2. The molecular weight excluding hydrogens is 258 g/mol. The van der Waals surface area contributed by atoms with E-state index in [9.17, 15) is 9.59 Å². The van der Waals surface area contributed by atoms with Gasteiger partial charge in [0.25, 0.3) is 0 Å². The van der Waals surface area contributed by atoms with Crippen molar-refractivity contribution in [3.63, 3.8) is 0 Å². The van der Waals surface area contributed by atoms with Crippen molar-refractivity contribution in [2.45, 2.75) is 45.7 Å². The predicted octanol–water partition coefficient (Wildman–Crippen LogP) is 1.68. The van der Waals surface area contributed by atoms with Crippen LogP contribution in [0.5, 0.6) is 0 Å². The van der Waals surface area contributed by atoms with Crippen molar-refractivity contribution in [2.24, 2.45) is 5.92 Å². The first kappa shape index (κ1) is 14.6. The lowest BCUT2D eigenvalue weighted by atomic mass is 10.1. The molecule has 0 aliphatic carbocycles. The standard InChI is InChI=1S/C14H21N3O3/c1-3-12(4-2)17-6-5-11(15-17)9-16-8-10(14(19)20)7-13(16)18/h5-6,10,12H,3-4,7-9H2,1-2H3,(H,19,20). The van der Waals surface area contributed by atoms with Gasteiger partial charge in [-0.25, -0.2) is 0 Å². The summed E-state index contributed by atoms with van der Waals surface area (Å²) in [5.41, 5.74) is 0.816. The van der Waals surface area contributed by atoms with E-state index in [1.807, 2.05) is 16.9 Å². The number of aliphatic carboxylic acids is 1. The number of rotatable bonds is 6. The lowest BCUT2D eigenvalue weighted by Crippen LogP contribution is -2.26. The Labute approximate surface area is 118 Å². The van der Waals surface area contributed by atoms with Crippen LogP contribution in [-0.4, -0.2) is 38.2 Å². The first-order chi connectivity index (χ1) is 9.55. The normalized spacial score (nSPS) is 19.1. The van der Waals surface area contributed by atoms with Crippen molar-refractivity contribution in [3.8, 4) is 0 Å². The zero-order valence-corrected chi connectivity index (χ0v) is 12.0. The molecule has 1 atom stereocenters. The quantitative estimate of drug-likeness (QED) is 0.859. The van der Waals surface area contributed by atoms with Gasteiger partial charge >= 0.3 is 5.97 Å². The molecule has 1 aliphatic rings. The smallest absolute Gasteiger partial charge is 0.308 e. The number of hydrogen-bond acceptors (Lipinski definition) is 3. The maximum Gasteiger partial charge on any atom is 0.308 e. The van der Waals surface area contributed by atoms with Crippen molar-refractivity contribution in [3.05, 3.63) is 18.0 Å². The summed E-state index contributed by atoms with van der Waals surface area (Å²) in [6.07, 6.45) is 4.06. The van der Waals surface area contributed by atoms with Crippen LogP contribution < -0.4 is 0 Å². The molecular formula is C14H21N3O3. The molecule has 20 heavy (non-hydrogen) atoms. The van der Waals surface area contributed by atoms with Gasteiger partial charge < -0.3 is 10.0 Å². The van der Waals surface area contributed by atoms with Crippen LogP contribution in [-0.2, 0) is 16.1 Å². The third kappa shape index (κ3) is 3.00. The van der Waals surface area contributed by atoms with Gasteiger partial charge in [0.05, 0.1) is 24.2 Å². The summed E-state index contributed by atoms with van der Waals surface area (Å²) in [7, 11) is 0. The number of amides is 1. The molecule has 0 saturated carbocycles. The second kappa shape index (κ2) is 6.07. The van der Waals surface area contributed by atoms with Gasteiger partial charge in [-0.2, -0.15) is 5.10 Å². The number of hydrogen-bond donors (Lipinski definition) is 1. The van der Waals surface area contributed by atoms with E-state index in [4.69, 9.17) is 5.11 Å². The third-order valence-electron chi connectivity index (χ3n) is 3.90. The molecule has 1 aliphatic heterocycles. The highest BCUT2D eigenvalue weighted by atomic mass is 16.4. The molecule has 1 amide bonds. The molecule has 0 radical (unpaired) electrons. The topological polar surface area (TPSA) is 75.4 Å². The van der Waals surface area contributed by atoms with Gasteiger partial charge in [-0.05, 0) is 18.9 Å². The highest BCUT2D eigenvalue weighted by Gasteiger charge is 2.34. The molecule has 1 saturated heterocycles. The minimum atomic E-state index is -0.900. The second-order valence-corrected chi connectivity index (χ2v) is 5.27. The van der Waals surface area contributed by atoms with Gasteiger partial charge in [0.2, 0.25) is 5.91 Å². The van der Waals surface area contributed by atoms with Crippen molar-refractivity contribution in [2.75, 3.05) is 6.54 Å². The largest absolute Gasteiger partial charge is 0.481 e. The van der Waals surface area contributed by atoms with E-state index in [1.54, 1.807) is 4.90 Å². The maximum atomic E-state index is 11.8. The van der Waals surface area contributed by atoms with Crippen LogP contribution in [0.3, 0.4) is 0 Å². The van der Waals surface area contributed by atoms with Crippen LogP contribution in [0.25, 0.3) is 0 Å². The van der Waals surface area contributed by atoms with Gasteiger partial charge in [0, 0.05) is 19.2 Å². The zero-order chi connectivity index (χ0) is 14.7. The number of carbonyl (C=O) groups excluding carboxylic acids is 1. The first-order valence-corrected chi connectivity index (χ1v) is 7.09. The fraction of sp³-hybridized carbons (Fsp3) is 0.643. The number of nitrogens with zero attached hydrogens (tertiary/aromatic N) is 3. The fourth-order valence-corrected chi connectivity index (χ4v) is 2.61. The predicted molar refractivity (Wildman–Crippen MR) is 73.0 cm³/mol. The molecule has 0 bridgehead atoms. The number of carboxylic acids is 1. The van der Waals surface area contributed by atoms with E-state index in [2.05, 4.69) is 18.9 Å². The summed E-state index contributed by atoms with van der Waals surface area (Å²) in [5, 5.41) is 13.5. The average Bonchev–Trinajstić information content (AvgIpc) is 3.00. The molecule has 0 aromatic carbocycles. The summed E-state index contributed by atoms with van der Waals surface area (Å²) in [4.78, 5) is 24.3. The van der Waals surface area contributed by atoms with Crippen molar-refractivity contribution in [1.29, 1.82) is 0 Å². The molecule has 110 valence electrons. The van der Waals surface area contributed by atoms with Gasteiger partial charge in [-0.1, -0.05) is 13.8 Å². The summed E-state index contributed by atoms with van der Waals surface area (Å²) in [5.74, 6) is -1.58. The monoisotopic (exact) mass is 279 g/mol. The van der Waals surface area contributed by atoms with Crippen LogP contribution >= 0.6 is 0 Å². The Morgan fingerprint density at radius 1 is 1.50 bits per heavy atom. The number of carboxylic acid groups (broad SMARTS) is 1. The van der Waals surface area contributed by atoms with E-state index in [-0.39, 0.29) is 18.9 Å². The molecule has 1 aromatic heterocycles.